The number of aromatic nitrogens is 1. The quantitative estimate of drug-likeness (QED) is 0.591. The molecule has 0 bridgehead atoms. The van der Waals surface area contributed by atoms with E-state index in [-0.39, 0.29) is 5.91 Å². The number of hydrogen-bond acceptors (Lipinski definition) is 5. The Morgan fingerprint density at radius 2 is 2.15 bits per heavy atom. The second-order valence-electron chi connectivity index (χ2n) is 3.83. The Morgan fingerprint density at radius 1 is 1.35 bits per heavy atom. The van der Waals surface area contributed by atoms with Crippen molar-refractivity contribution in [2.75, 3.05) is 10.7 Å². The van der Waals surface area contributed by atoms with E-state index in [1.807, 2.05) is 6.07 Å². The van der Waals surface area contributed by atoms with E-state index in [9.17, 15) is 4.79 Å². The first-order valence-electron chi connectivity index (χ1n) is 5.57. The highest BCUT2D eigenvalue weighted by atomic mass is 79.9. The number of anilines is 2. The summed E-state index contributed by atoms with van der Waals surface area (Å²) in [6.07, 6.45) is 1.40. The zero-order chi connectivity index (χ0) is 14.5. The maximum atomic E-state index is 12.0. The SMILES string of the molecule is N#Cc1cc(Br)ccc1NC(=O)c1ccc(NN)nc1. The third kappa shape index (κ3) is 3.12. The molecule has 0 aliphatic carbocycles. The molecule has 0 aliphatic rings. The number of halogens is 1. The molecule has 0 spiro atoms. The molecule has 2 aromatic rings. The number of nitrogens with one attached hydrogen (secondary N) is 2. The maximum absolute atomic E-state index is 12.0. The van der Waals surface area contributed by atoms with Gasteiger partial charge < -0.3 is 10.7 Å². The van der Waals surface area contributed by atoms with E-state index in [0.717, 1.165) is 4.47 Å². The largest absolute Gasteiger partial charge is 0.321 e. The van der Waals surface area contributed by atoms with Crippen LogP contribution in [0.15, 0.2) is 41.0 Å². The Labute approximate surface area is 123 Å². The van der Waals surface area contributed by atoms with E-state index in [0.29, 0.717) is 22.6 Å². The molecule has 0 saturated heterocycles. The Morgan fingerprint density at radius 3 is 2.75 bits per heavy atom. The lowest BCUT2D eigenvalue weighted by Crippen LogP contribution is -2.14. The summed E-state index contributed by atoms with van der Waals surface area (Å²) in [5.74, 6) is 5.31. The molecular formula is C13H10BrN5O. The van der Waals surface area contributed by atoms with Crippen LogP contribution >= 0.6 is 15.9 Å². The van der Waals surface area contributed by atoms with Crippen LogP contribution in [0.3, 0.4) is 0 Å². The minimum Gasteiger partial charge on any atom is -0.321 e. The fourth-order valence-electron chi connectivity index (χ4n) is 1.53. The van der Waals surface area contributed by atoms with Crippen LogP contribution < -0.4 is 16.6 Å². The summed E-state index contributed by atoms with van der Waals surface area (Å²) in [6, 6.07) is 10.2. The molecule has 0 atom stereocenters. The van der Waals surface area contributed by atoms with Crippen molar-refractivity contribution < 1.29 is 4.79 Å². The molecule has 0 radical (unpaired) electrons. The predicted molar refractivity (Wildman–Crippen MR) is 78.9 cm³/mol. The number of carbonyl (C=O) groups excluding carboxylic acids is 1. The van der Waals surface area contributed by atoms with Gasteiger partial charge in [-0.15, -0.1) is 0 Å². The number of nitrogen functional groups attached to an aromatic ring is 1. The van der Waals surface area contributed by atoms with E-state index < -0.39 is 0 Å². The van der Waals surface area contributed by atoms with Gasteiger partial charge >= 0.3 is 0 Å². The van der Waals surface area contributed by atoms with Crippen LogP contribution in [0.5, 0.6) is 0 Å². The van der Waals surface area contributed by atoms with Crippen molar-refractivity contribution in [3.63, 3.8) is 0 Å². The van der Waals surface area contributed by atoms with Gasteiger partial charge in [0.1, 0.15) is 11.9 Å². The summed E-state index contributed by atoms with van der Waals surface area (Å²) >= 11 is 3.27. The van der Waals surface area contributed by atoms with E-state index in [1.165, 1.54) is 6.20 Å². The average molecular weight is 332 g/mol. The Hall–Kier alpha value is -2.43. The fraction of sp³-hybridized carbons (Fsp3) is 0. The first kappa shape index (κ1) is 14.0. The van der Waals surface area contributed by atoms with Crippen molar-refractivity contribution in [2.45, 2.75) is 0 Å². The lowest BCUT2D eigenvalue weighted by atomic mass is 10.2. The highest BCUT2D eigenvalue weighted by molar-refractivity contribution is 9.10. The smallest absolute Gasteiger partial charge is 0.257 e. The number of hydrogen-bond donors (Lipinski definition) is 3. The topological polar surface area (TPSA) is 104 Å². The number of carbonyl (C=O) groups is 1. The van der Waals surface area contributed by atoms with Crippen molar-refractivity contribution in [2.24, 2.45) is 5.84 Å². The molecule has 0 fully saturated rings. The summed E-state index contributed by atoms with van der Waals surface area (Å²) < 4.78 is 0.770. The number of nitrogens with two attached hydrogens (primary N) is 1. The molecule has 6 nitrogen and oxygen atoms in total. The standard InChI is InChI=1S/C13H10BrN5O/c14-10-2-3-11(9(5-10)6-15)18-13(20)8-1-4-12(19-16)17-7-8/h1-5,7H,16H2,(H,17,19)(H,18,20). The van der Waals surface area contributed by atoms with Crippen LogP contribution in [0.4, 0.5) is 11.5 Å². The Balaban J connectivity index is 2.21. The molecule has 2 rings (SSSR count). The highest BCUT2D eigenvalue weighted by Crippen LogP contribution is 2.21. The van der Waals surface area contributed by atoms with Gasteiger partial charge in [0.25, 0.3) is 5.91 Å². The van der Waals surface area contributed by atoms with Crippen LogP contribution in [0.1, 0.15) is 15.9 Å². The van der Waals surface area contributed by atoms with Crippen LogP contribution in [0.2, 0.25) is 0 Å². The lowest BCUT2D eigenvalue weighted by Gasteiger charge is -2.07. The Kier molecular flexibility index (Phi) is 4.30. The van der Waals surface area contributed by atoms with Gasteiger partial charge in [0.2, 0.25) is 0 Å². The van der Waals surface area contributed by atoms with E-state index in [2.05, 4.69) is 31.7 Å². The average Bonchev–Trinajstić information content (AvgIpc) is 2.49. The number of pyridine rings is 1. The molecule has 0 saturated carbocycles. The zero-order valence-electron chi connectivity index (χ0n) is 10.2. The number of nitrogens with zero attached hydrogens (tertiary/aromatic N) is 2. The van der Waals surface area contributed by atoms with Gasteiger partial charge in [-0.2, -0.15) is 5.26 Å². The van der Waals surface area contributed by atoms with Crippen molar-refractivity contribution in [3.05, 3.63) is 52.1 Å². The molecule has 0 unspecified atom stereocenters. The number of hydrazine groups is 1. The van der Waals surface area contributed by atoms with E-state index in [1.54, 1.807) is 30.3 Å². The molecule has 20 heavy (non-hydrogen) atoms. The molecule has 1 heterocycles. The van der Waals surface area contributed by atoms with E-state index >= 15 is 0 Å². The van der Waals surface area contributed by atoms with Gasteiger partial charge in [-0.25, -0.2) is 10.8 Å². The lowest BCUT2D eigenvalue weighted by molar-refractivity contribution is 0.102. The first-order chi connectivity index (χ1) is 9.63. The number of benzene rings is 1. The van der Waals surface area contributed by atoms with Gasteiger partial charge in [-0.05, 0) is 30.3 Å². The molecule has 7 heteroatoms. The van der Waals surface area contributed by atoms with Gasteiger partial charge in [0.15, 0.2) is 0 Å². The number of rotatable bonds is 3. The molecular weight excluding hydrogens is 322 g/mol. The monoisotopic (exact) mass is 331 g/mol. The molecule has 0 aliphatic heterocycles. The van der Waals surface area contributed by atoms with Crippen LogP contribution in [-0.2, 0) is 0 Å². The van der Waals surface area contributed by atoms with Crippen molar-refractivity contribution in [1.29, 1.82) is 5.26 Å². The highest BCUT2D eigenvalue weighted by Gasteiger charge is 2.10. The molecule has 1 aromatic carbocycles. The predicted octanol–water partition coefficient (Wildman–Crippen LogP) is 2.25. The van der Waals surface area contributed by atoms with Gasteiger partial charge in [0, 0.05) is 10.7 Å². The second kappa shape index (κ2) is 6.14. The zero-order valence-corrected chi connectivity index (χ0v) is 11.8. The van der Waals surface area contributed by atoms with Gasteiger partial charge in [-0.1, -0.05) is 15.9 Å². The molecule has 4 N–H and O–H groups in total. The first-order valence-corrected chi connectivity index (χ1v) is 6.37. The normalized spacial score (nSPS) is 9.65. The van der Waals surface area contributed by atoms with Crippen molar-refractivity contribution >= 4 is 33.3 Å². The third-order valence-electron chi connectivity index (χ3n) is 2.52. The summed E-state index contributed by atoms with van der Waals surface area (Å²) in [6.45, 7) is 0. The summed E-state index contributed by atoms with van der Waals surface area (Å²) in [4.78, 5) is 16.0. The van der Waals surface area contributed by atoms with Crippen molar-refractivity contribution in [1.82, 2.24) is 4.98 Å². The van der Waals surface area contributed by atoms with Crippen molar-refractivity contribution in [3.8, 4) is 6.07 Å². The van der Waals surface area contributed by atoms with Crippen LogP contribution in [-0.4, -0.2) is 10.9 Å². The number of amides is 1. The minimum atomic E-state index is -0.347. The number of nitriles is 1. The minimum absolute atomic E-state index is 0.347. The molecule has 1 aromatic heterocycles. The third-order valence-corrected chi connectivity index (χ3v) is 3.02. The second-order valence-corrected chi connectivity index (χ2v) is 4.75. The molecule has 1 amide bonds. The van der Waals surface area contributed by atoms with Gasteiger partial charge in [-0.3, -0.25) is 4.79 Å². The van der Waals surface area contributed by atoms with Gasteiger partial charge in [0.05, 0.1) is 16.8 Å². The summed E-state index contributed by atoms with van der Waals surface area (Å²) in [5.41, 5.74) is 3.57. The maximum Gasteiger partial charge on any atom is 0.257 e. The van der Waals surface area contributed by atoms with Crippen LogP contribution in [0.25, 0.3) is 0 Å². The van der Waals surface area contributed by atoms with E-state index in [4.69, 9.17) is 11.1 Å². The summed E-state index contributed by atoms with van der Waals surface area (Å²) in [5, 5.41) is 11.7. The fourth-order valence-corrected chi connectivity index (χ4v) is 1.89. The summed E-state index contributed by atoms with van der Waals surface area (Å²) in [7, 11) is 0. The van der Waals surface area contributed by atoms with Crippen LogP contribution in [0, 0.1) is 11.3 Å². The molecule has 100 valence electrons. The Bertz CT molecular complexity index is 678.